The molecule has 1 saturated heterocycles. The van der Waals surface area contributed by atoms with E-state index in [2.05, 4.69) is 45.3 Å². The molecule has 0 radical (unpaired) electrons. The average Bonchev–Trinajstić information content (AvgIpc) is 3.74. The minimum Gasteiger partial charge on any atom is -0.383 e. The fourth-order valence-electron chi connectivity index (χ4n) is 7.17. The zero-order chi connectivity index (χ0) is 39.7. The molecule has 2 aromatic heterocycles. The van der Waals surface area contributed by atoms with Crippen LogP contribution < -0.4 is 21.3 Å². The van der Waals surface area contributed by atoms with Gasteiger partial charge in [0.05, 0.1) is 23.3 Å². The SMILES string of the molecule is Cc1sc2c(c1C)C(c1ccc(Cl)cc1)=N[C@@H](CC(=O)NCCCCC(=O)NCCNc1cccc3c1C(=O)N(C1CCC(=O)NC1=O)C3=O)c1nnc(C)n1-2. The minimum atomic E-state index is -1.05. The summed E-state index contributed by atoms with van der Waals surface area (Å²) in [4.78, 5) is 83.4. The second kappa shape index (κ2) is 16.2. The van der Waals surface area contributed by atoms with E-state index in [0.29, 0.717) is 41.7 Å². The van der Waals surface area contributed by atoms with E-state index in [1.54, 1.807) is 23.5 Å². The number of imide groups is 2. The molecule has 17 heteroatoms. The van der Waals surface area contributed by atoms with Gasteiger partial charge in [-0.2, -0.15) is 0 Å². The first-order valence-electron chi connectivity index (χ1n) is 18.4. The first kappa shape index (κ1) is 38.5. The van der Waals surface area contributed by atoms with Crippen LogP contribution >= 0.6 is 22.9 Å². The van der Waals surface area contributed by atoms with Gasteiger partial charge in [0.25, 0.3) is 11.8 Å². The second-order valence-corrected chi connectivity index (χ2v) is 15.5. The van der Waals surface area contributed by atoms with Crippen molar-refractivity contribution in [1.29, 1.82) is 0 Å². The van der Waals surface area contributed by atoms with E-state index in [4.69, 9.17) is 16.6 Å². The molecule has 3 aliphatic rings. The third-order valence-electron chi connectivity index (χ3n) is 10.1. The molecule has 4 aromatic rings. The molecule has 15 nitrogen and oxygen atoms in total. The Balaban J connectivity index is 0.881. The maximum atomic E-state index is 13.3. The zero-order valence-corrected chi connectivity index (χ0v) is 32.6. The van der Waals surface area contributed by atoms with Crippen LogP contribution in [0.3, 0.4) is 0 Å². The van der Waals surface area contributed by atoms with Crippen molar-refractivity contribution in [2.45, 2.75) is 71.4 Å². The number of amides is 6. The molecule has 6 amide bonds. The number of thiophene rings is 1. The Hall–Kier alpha value is -5.74. The van der Waals surface area contributed by atoms with Crippen molar-refractivity contribution >= 4 is 69.8 Å². The molecule has 290 valence electrons. The summed E-state index contributed by atoms with van der Waals surface area (Å²) in [5, 5.41) is 21.5. The van der Waals surface area contributed by atoms with Crippen molar-refractivity contribution in [2.24, 2.45) is 4.99 Å². The van der Waals surface area contributed by atoms with Crippen LogP contribution in [0.1, 0.15) is 98.5 Å². The Morgan fingerprint density at radius 3 is 2.45 bits per heavy atom. The van der Waals surface area contributed by atoms with Crippen LogP contribution in [0, 0.1) is 20.8 Å². The summed E-state index contributed by atoms with van der Waals surface area (Å²) in [7, 11) is 0. The van der Waals surface area contributed by atoms with Crippen molar-refractivity contribution in [3.8, 4) is 5.00 Å². The normalized spacial score (nSPS) is 17.4. The topological polar surface area (TPSA) is 197 Å². The molecular formula is C39H40ClN9O6S. The number of halogens is 1. The lowest BCUT2D eigenvalue weighted by molar-refractivity contribution is -0.136. The van der Waals surface area contributed by atoms with Crippen LogP contribution in [-0.2, 0) is 19.2 Å². The number of carbonyl (C=O) groups excluding carboxylic acids is 6. The van der Waals surface area contributed by atoms with Gasteiger partial charge in [-0.25, -0.2) is 0 Å². The lowest BCUT2D eigenvalue weighted by atomic mass is 9.99. The second-order valence-electron chi connectivity index (χ2n) is 13.9. The molecule has 2 aromatic carbocycles. The molecule has 0 spiro atoms. The first-order chi connectivity index (χ1) is 26.9. The highest BCUT2D eigenvalue weighted by atomic mass is 35.5. The lowest BCUT2D eigenvalue weighted by Crippen LogP contribution is -2.54. The van der Waals surface area contributed by atoms with Crippen LogP contribution in [0.4, 0.5) is 5.69 Å². The molecule has 1 unspecified atom stereocenters. The maximum Gasteiger partial charge on any atom is 0.264 e. The third kappa shape index (κ3) is 7.58. The van der Waals surface area contributed by atoms with Gasteiger partial charge in [-0.05, 0) is 69.9 Å². The number of anilines is 1. The Morgan fingerprint density at radius 1 is 0.911 bits per heavy atom. The van der Waals surface area contributed by atoms with Crippen LogP contribution in [0.5, 0.6) is 0 Å². The number of carbonyl (C=O) groups is 6. The van der Waals surface area contributed by atoms with Gasteiger partial charge in [-0.1, -0.05) is 29.8 Å². The highest BCUT2D eigenvalue weighted by molar-refractivity contribution is 7.15. The van der Waals surface area contributed by atoms with Gasteiger partial charge in [-0.3, -0.25) is 48.5 Å². The smallest absolute Gasteiger partial charge is 0.264 e. The van der Waals surface area contributed by atoms with E-state index in [9.17, 15) is 28.8 Å². The van der Waals surface area contributed by atoms with Crippen molar-refractivity contribution in [2.75, 3.05) is 25.0 Å². The van der Waals surface area contributed by atoms with E-state index in [-0.39, 0.29) is 61.7 Å². The molecule has 5 heterocycles. The zero-order valence-electron chi connectivity index (χ0n) is 31.0. The number of rotatable bonds is 13. The average molecular weight is 798 g/mol. The monoisotopic (exact) mass is 797 g/mol. The van der Waals surface area contributed by atoms with Crippen molar-refractivity contribution in [3.63, 3.8) is 0 Å². The number of hydrogen-bond donors (Lipinski definition) is 4. The number of aliphatic imine (C=N–C) groups is 1. The Kier molecular flexibility index (Phi) is 11.1. The largest absolute Gasteiger partial charge is 0.383 e. The number of hydrogen-bond acceptors (Lipinski definition) is 11. The molecule has 0 saturated carbocycles. The number of benzene rings is 2. The molecular weight excluding hydrogens is 758 g/mol. The quantitative estimate of drug-likeness (QED) is 0.114. The number of piperidine rings is 1. The Bertz CT molecular complexity index is 2300. The summed E-state index contributed by atoms with van der Waals surface area (Å²) in [5.74, 6) is -1.35. The number of unbranched alkanes of at least 4 members (excludes halogenated alkanes) is 1. The fourth-order valence-corrected chi connectivity index (χ4v) is 8.51. The third-order valence-corrected chi connectivity index (χ3v) is 11.6. The van der Waals surface area contributed by atoms with Crippen LogP contribution in [0.15, 0.2) is 47.5 Å². The molecule has 7 rings (SSSR count). The predicted octanol–water partition coefficient (Wildman–Crippen LogP) is 4.11. The van der Waals surface area contributed by atoms with Crippen molar-refractivity contribution < 1.29 is 28.8 Å². The molecule has 0 bridgehead atoms. The molecule has 0 aliphatic carbocycles. The van der Waals surface area contributed by atoms with E-state index >= 15 is 0 Å². The van der Waals surface area contributed by atoms with E-state index in [1.165, 1.54) is 6.07 Å². The predicted molar refractivity (Wildman–Crippen MR) is 209 cm³/mol. The molecule has 1 fully saturated rings. The molecule has 4 N–H and O–H groups in total. The summed E-state index contributed by atoms with van der Waals surface area (Å²) < 4.78 is 2.00. The van der Waals surface area contributed by atoms with Gasteiger partial charge in [0.15, 0.2) is 5.82 Å². The maximum absolute atomic E-state index is 13.3. The number of nitrogens with one attached hydrogen (secondary N) is 4. The highest BCUT2D eigenvalue weighted by Gasteiger charge is 2.45. The molecule has 56 heavy (non-hydrogen) atoms. The van der Waals surface area contributed by atoms with Crippen molar-refractivity contribution in [1.82, 2.24) is 35.6 Å². The standard InChI is InChI=1S/C39H40ClN9O6S/c1-20-21(2)56-39-32(20)34(23-10-12-24(40)13-11-23)44-27(35-47-46-22(3)48(35)39)19-31(52)42-16-5-4-9-29(50)43-18-17-41-26-8-6-7-25-33(26)38(55)49(37(25)54)28-14-15-30(51)45-36(28)53/h6-8,10-13,27-28,41H,4-5,9,14-19H2,1-3H3,(H,42,52)(H,43,50)(H,45,51,53)/t27-,28?/m0/s1. The lowest BCUT2D eigenvalue weighted by Gasteiger charge is -2.27. The van der Waals surface area contributed by atoms with Gasteiger partial charge in [-0.15, -0.1) is 21.5 Å². The van der Waals surface area contributed by atoms with E-state index < -0.39 is 35.7 Å². The molecule has 2 atom stereocenters. The summed E-state index contributed by atoms with van der Waals surface area (Å²) >= 11 is 7.85. The van der Waals surface area contributed by atoms with Gasteiger partial charge >= 0.3 is 0 Å². The van der Waals surface area contributed by atoms with Gasteiger partial charge in [0.2, 0.25) is 23.6 Å². The number of nitrogens with zero attached hydrogens (tertiary/aromatic N) is 5. The van der Waals surface area contributed by atoms with Gasteiger partial charge in [0, 0.05) is 59.2 Å². The summed E-state index contributed by atoms with van der Waals surface area (Å²) in [5.41, 5.74) is 4.50. The number of fused-ring (bicyclic) bond motifs is 4. The Labute approximate surface area is 331 Å². The van der Waals surface area contributed by atoms with E-state index in [0.717, 1.165) is 37.2 Å². The number of aromatic nitrogens is 3. The number of aryl methyl sites for hydroxylation is 2. The van der Waals surface area contributed by atoms with Crippen LogP contribution in [-0.4, -0.2) is 86.5 Å². The van der Waals surface area contributed by atoms with Crippen LogP contribution in [0.25, 0.3) is 5.00 Å². The van der Waals surface area contributed by atoms with Gasteiger partial charge in [0.1, 0.15) is 22.9 Å². The summed E-state index contributed by atoms with van der Waals surface area (Å²) in [6.07, 6.45) is 1.56. The summed E-state index contributed by atoms with van der Waals surface area (Å²) in [6, 6.07) is 10.7. The van der Waals surface area contributed by atoms with Crippen LogP contribution in [0.2, 0.25) is 5.02 Å². The van der Waals surface area contributed by atoms with Gasteiger partial charge < -0.3 is 16.0 Å². The minimum absolute atomic E-state index is 0.0361. The highest BCUT2D eigenvalue weighted by Crippen LogP contribution is 2.40. The van der Waals surface area contributed by atoms with Crippen molar-refractivity contribution in [3.05, 3.63) is 91.8 Å². The first-order valence-corrected chi connectivity index (χ1v) is 19.6. The van der Waals surface area contributed by atoms with E-state index in [1.807, 2.05) is 35.8 Å². The molecule has 3 aliphatic heterocycles. The fraction of sp³-hybridized carbons (Fsp3) is 0.359. The summed E-state index contributed by atoms with van der Waals surface area (Å²) in [6.45, 7) is 6.96. The Morgan fingerprint density at radius 2 is 1.68 bits per heavy atom.